The fourth-order valence-corrected chi connectivity index (χ4v) is 1.78. The van der Waals surface area contributed by atoms with Gasteiger partial charge in [0.2, 0.25) is 0 Å². The summed E-state index contributed by atoms with van der Waals surface area (Å²) in [6.45, 7) is 7.47. The highest BCUT2D eigenvalue weighted by atomic mass is 16.3. The summed E-state index contributed by atoms with van der Waals surface area (Å²) in [5.41, 5.74) is 1.36. The molecule has 0 saturated heterocycles. The van der Waals surface area contributed by atoms with E-state index in [9.17, 15) is 9.90 Å². The first-order chi connectivity index (χ1) is 8.10. The number of phenolic OH excluding ortho intramolecular Hbond substituents is 1. The molecule has 0 aliphatic heterocycles. The van der Waals surface area contributed by atoms with Crippen LogP contribution in [0.25, 0.3) is 0 Å². The molecule has 0 atom stereocenters. The van der Waals surface area contributed by atoms with Crippen LogP contribution in [0.5, 0.6) is 5.75 Å². The predicted molar refractivity (Wildman–Crippen MR) is 69.3 cm³/mol. The minimum Gasteiger partial charge on any atom is -0.508 e. The minimum atomic E-state index is 0.00370. The van der Waals surface area contributed by atoms with Gasteiger partial charge >= 0.3 is 0 Å². The van der Waals surface area contributed by atoms with Gasteiger partial charge in [0.1, 0.15) is 5.75 Å². The molecule has 0 aliphatic carbocycles. The highest BCUT2D eigenvalue weighted by Gasteiger charge is 2.14. The Bertz CT molecular complexity index is 382. The number of nitrogens with zero attached hydrogens (tertiary/aromatic N) is 1. The lowest BCUT2D eigenvalue weighted by molar-refractivity contribution is 0.0755. The van der Waals surface area contributed by atoms with Gasteiger partial charge in [-0.05, 0) is 37.5 Å². The molecule has 0 radical (unpaired) electrons. The van der Waals surface area contributed by atoms with Crippen molar-refractivity contribution in [2.24, 2.45) is 0 Å². The summed E-state index contributed by atoms with van der Waals surface area (Å²) in [6.07, 6.45) is 1.90. The Balaban J connectivity index is 2.88. The lowest BCUT2D eigenvalue weighted by Crippen LogP contribution is -2.32. The summed E-state index contributed by atoms with van der Waals surface area (Å²) in [5.74, 6) is 0.188. The number of phenols is 1. The van der Waals surface area contributed by atoms with Crippen LogP contribution in [0, 0.1) is 6.92 Å². The molecule has 1 aromatic rings. The van der Waals surface area contributed by atoms with E-state index < -0.39 is 0 Å². The zero-order valence-electron chi connectivity index (χ0n) is 10.9. The SMILES string of the molecule is CCCN(CCC)C(=O)c1ccc(C)c(O)c1. The van der Waals surface area contributed by atoms with Crippen molar-refractivity contribution in [3.8, 4) is 5.75 Å². The molecule has 1 amide bonds. The molecule has 0 heterocycles. The van der Waals surface area contributed by atoms with Gasteiger partial charge in [0, 0.05) is 18.7 Å². The minimum absolute atomic E-state index is 0.00370. The molecule has 0 saturated carbocycles. The van der Waals surface area contributed by atoms with Gasteiger partial charge in [-0.1, -0.05) is 19.9 Å². The maximum Gasteiger partial charge on any atom is 0.253 e. The standard InChI is InChI=1S/C14H21NO2/c1-4-8-15(9-5-2)14(17)12-7-6-11(3)13(16)10-12/h6-7,10,16H,4-5,8-9H2,1-3H3. The Labute approximate surface area is 103 Å². The third kappa shape index (κ3) is 3.48. The molecule has 3 heteroatoms. The molecule has 0 aliphatic rings. The molecule has 0 fully saturated rings. The van der Waals surface area contributed by atoms with Gasteiger partial charge in [-0.2, -0.15) is 0 Å². The first kappa shape index (κ1) is 13.6. The van der Waals surface area contributed by atoms with Crippen molar-refractivity contribution in [1.29, 1.82) is 0 Å². The van der Waals surface area contributed by atoms with Crippen LogP contribution in [0.1, 0.15) is 42.6 Å². The summed E-state index contributed by atoms with van der Waals surface area (Å²) in [6, 6.07) is 5.10. The van der Waals surface area contributed by atoms with Gasteiger partial charge in [0.15, 0.2) is 0 Å². The molecule has 1 rings (SSSR count). The topological polar surface area (TPSA) is 40.5 Å². The van der Waals surface area contributed by atoms with E-state index in [1.54, 1.807) is 18.2 Å². The van der Waals surface area contributed by atoms with Crippen molar-refractivity contribution in [2.75, 3.05) is 13.1 Å². The molecule has 0 aromatic heterocycles. The van der Waals surface area contributed by atoms with Gasteiger partial charge in [0.25, 0.3) is 5.91 Å². The first-order valence-electron chi connectivity index (χ1n) is 6.19. The maximum atomic E-state index is 12.2. The molecule has 3 nitrogen and oxygen atoms in total. The predicted octanol–water partition coefficient (Wildman–Crippen LogP) is 2.96. The first-order valence-corrected chi connectivity index (χ1v) is 6.19. The Morgan fingerprint density at radius 1 is 1.24 bits per heavy atom. The van der Waals surface area contributed by atoms with Gasteiger partial charge in [-0.25, -0.2) is 0 Å². The van der Waals surface area contributed by atoms with Crippen molar-refractivity contribution in [3.63, 3.8) is 0 Å². The van der Waals surface area contributed by atoms with Crippen LogP contribution in [0.2, 0.25) is 0 Å². The number of carbonyl (C=O) groups excluding carboxylic acids is 1. The molecule has 0 spiro atoms. The van der Waals surface area contributed by atoms with E-state index in [-0.39, 0.29) is 11.7 Å². The largest absolute Gasteiger partial charge is 0.508 e. The van der Waals surface area contributed by atoms with E-state index in [0.717, 1.165) is 31.5 Å². The molecule has 0 unspecified atom stereocenters. The number of benzene rings is 1. The summed E-state index contributed by atoms with van der Waals surface area (Å²) < 4.78 is 0. The van der Waals surface area contributed by atoms with E-state index in [2.05, 4.69) is 13.8 Å². The van der Waals surface area contributed by atoms with Gasteiger partial charge < -0.3 is 10.0 Å². The van der Waals surface area contributed by atoms with Gasteiger partial charge in [-0.3, -0.25) is 4.79 Å². The molecule has 0 bridgehead atoms. The quantitative estimate of drug-likeness (QED) is 0.852. The van der Waals surface area contributed by atoms with Crippen molar-refractivity contribution in [2.45, 2.75) is 33.6 Å². The van der Waals surface area contributed by atoms with Crippen LogP contribution in [0.15, 0.2) is 18.2 Å². The average Bonchev–Trinajstić information content (AvgIpc) is 2.31. The highest BCUT2D eigenvalue weighted by molar-refractivity contribution is 5.94. The lowest BCUT2D eigenvalue weighted by Gasteiger charge is -2.21. The van der Waals surface area contributed by atoms with E-state index in [1.165, 1.54) is 0 Å². The van der Waals surface area contributed by atoms with Crippen LogP contribution >= 0.6 is 0 Å². The van der Waals surface area contributed by atoms with E-state index in [1.807, 2.05) is 11.8 Å². The molecule has 1 aromatic carbocycles. The third-order valence-corrected chi connectivity index (χ3v) is 2.73. The van der Waals surface area contributed by atoms with Crippen LogP contribution in [-0.2, 0) is 0 Å². The Morgan fingerprint density at radius 3 is 2.29 bits per heavy atom. The van der Waals surface area contributed by atoms with Crippen molar-refractivity contribution >= 4 is 5.91 Å². The van der Waals surface area contributed by atoms with Crippen molar-refractivity contribution in [3.05, 3.63) is 29.3 Å². The van der Waals surface area contributed by atoms with Gasteiger partial charge in [0.05, 0.1) is 0 Å². The summed E-state index contributed by atoms with van der Waals surface area (Å²) in [4.78, 5) is 14.0. The second-order valence-electron chi connectivity index (χ2n) is 4.29. The van der Waals surface area contributed by atoms with Crippen molar-refractivity contribution in [1.82, 2.24) is 4.90 Å². The van der Waals surface area contributed by atoms with Crippen LogP contribution in [0.4, 0.5) is 0 Å². The fourth-order valence-electron chi connectivity index (χ4n) is 1.78. The second kappa shape index (κ2) is 6.28. The van der Waals surface area contributed by atoms with Crippen LogP contribution in [-0.4, -0.2) is 29.0 Å². The third-order valence-electron chi connectivity index (χ3n) is 2.73. The summed E-state index contributed by atoms with van der Waals surface area (Å²) in [7, 11) is 0. The van der Waals surface area contributed by atoms with Crippen LogP contribution in [0.3, 0.4) is 0 Å². The number of aryl methyl sites for hydroxylation is 1. The zero-order chi connectivity index (χ0) is 12.8. The van der Waals surface area contributed by atoms with E-state index in [4.69, 9.17) is 0 Å². The van der Waals surface area contributed by atoms with Crippen LogP contribution < -0.4 is 0 Å². The molecule has 1 N–H and O–H groups in total. The average molecular weight is 235 g/mol. The maximum absolute atomic E-state index is 12.2. The van der Waals surface area contributed by atoms with Gasteiger partial charge in [-0.15, -0.1) is 0 Å². The molecular formula is C14H21NO2. The molecular weight excluding hydrogens is 214 g/mol. The highest BCUT2D eigenvalue weighted by Crippen LogP contribution is 2.18. The number of rotatable bonds is 5. The fraction of sp³-hybridized carbons (Fsp3) is 0.500. The monoisotopic (exact) mass is 235 g/mol. The smallest absolute Gasteiger partial charge is 0.253 e. The zero-order valence-corrected chi connectivity index (χ0v) is 10.9. The number of amides is 1. The Kier molecular flexibility index (Phi) is 5.01. The lowest BCUT2D eigenvalue weighted by atomic mass is 10.1. The van der Waals surface area contributed by atoms with E-state index in [0.29, 0.717) is 5.56 Å². The van der Waals surface area contributed by atoms with Crippen molar-refractivity contribution < 1.29 is 9.90 Å². The van der Waals surface area contributed by atoms with E-state index >= 15 is 0 Å². The number of hydrogen-bond acceptors (Lipinski definition) is 2. The normalized spacial score (nSPS) is 10.3. The second-order valence-corrected chi connectivity index (χ2v) is 4.29. The molecule has 17 heavy (non-hydrogen) atoms. The summed E-state index contributed by atoms with van der Waals surface area (Å²) >= 11 is 0. The number of hydrogen-bond donors (Lipinski definition) is 1. The summed E-state index contributed by atoms with van der Waals surface area (Å²) in [5, 5.41) is 9.62. The number of aromatic hydroxyl groups is 1. The molecule has 94 valence electrons. The number of carbonyl (C=O) groups is 1. The Morgan fingerprint density at radius 2 is 1.82 bits per heavy atom. The Hall–Kier alpha value is -1.51.